The standard InChI is InChI=1S/C13H12O/c1-3-14-13-10(2)8-9-11-6-4-5-7-12(11)13/h3-9H,1H2,2H3. The molecule has 0 atom stereocenters. The lowest BCUT2D eigenvalue weighted by molar-refractivity contribution is 0.485. The van der Waals surface area contributed by atoms with Crippen LogP contribution in [0.4, 0.5) is 0 Å². The number of hydrogen-bond donors (Lipinski definition) is 0. The predicted octanol–water partition coefficient (Wildman–Crippen LogP) is 3.67. The lowest BCUT2D eigenvalue weighted by Gasteiger charge is -2.08. The van der Waals surface area contributed by atoms with Crippen LogP contribution in [0.15, 0.2) is 49.2 Å². The molecular formula is C13H12O. The molecule has 0 aromatic heterocycles. The quantitative estimate of drug-likeness (QED) is 0.647. The van der Waals surface area contributed by atoms with Gasteiger partial charge in [0.15, 0.2) is 0 Å². The Hall–Kier alpha value is -1.76. The van der Waals surface area contributed by atoms with E-state index in [9.17, 15) is 0 Å². The fraction of sp³-hybridized carbons (Fsp3) is 0.0769. The van der Waals surface area contributed by atoms with Crippen molar-refractivity contribution in [2.45, 2.75) is 6.92 Å². The Bertz CT molecular complexity index is 472. The van der Waals surface area contributed by atoms with Gasteiger partial charge in [0.2, 0.25) is 0 Å². The normalized spacial score (nSPS) is 10.1. The van der Waals surface area contributed by atoms with E-state index in [0.717, 1.165) is 16.7 Å². The first-order valence-corrected chi connectivity index (χ1v) is 4.59. The van der Waals surface area contributed by atoms with Crippen LogP contribution in [0.2, 0.25) is 0 Å². The Morgan fingerprint density at radius 1 is 1.14 bits per heavy atom. The molecule has 0 bridgehead atoms. The van der Waals surface area contributed by atoms with Crippen LogP contribution in [-0.4, -0.2) is 0 Å². The van der Waals surface area contributed by atoms with Crippen molar-refractivity contribution in [1.82, 2.24) is 0 Å². The molecule has 0 saturated carbocycles. The molecule has 0 amide bonds. The molecule has 0 aliphatic rings. The third kappa shape index (κ3) is 1.37. The van der Waals surface area contributed by atoms with Crippen LogP contribution in [-0.2, 0) is 0 Å². The van der Waals surface area contributed by atoms with Crippen molar-refractivity contribution in [1.29, 1.82) is 0 Å². The number of ether oxygens (including phenoxy) is 1. The Balaban J connectivity index is 2.75. The van der Waals surface area contributed by atoms with E-state index in [1.54, 1.807) is 0 Å². The Kier molecular flexibility index (Phi) is 2.23. The van der Waals surface area contributed by atoms with Crippen molar-refractivity contribution >= 4 is 10.8 Å². The van der Waals surface area contributed by atoms with Gasteiger partial charge in [0.05, 0.1) is 6.26 Å². The fourth-order valence-corrected chi connectivity index (χ4v) is 1.59. The van der Waals surface area contributed by atoms with Crippen LogP contribution >= 0.6 is 0 Å². The monoisotopic (exact) mass is 184 g/mol. The molecule has 0 aliphatic carbocycles. The summed E-state index contributed by atoms with van der Waals surface area (Å²) in [4.78, 5) is 0. The van der Waals surface area contributed by atoms with Gasteiger partial charge in [-0.1, -0.05) is 43.0 Å². The maximum absolute atomic E-state index is 5.41. The van der Waals surface area contributed by atoms with Gasteiger partial charge in [-0.25, -0.2) is 0 Å². The summed E-state index contributed by atoms with van der Waals surface area (Å²) in [5, 5.41) is 2.32. The van der Waals surface area contributed by atoms with Crippen LogP contribution in [0.1, 0.15) is 5.56 Å². The van der Waals surface area contributed by atoms with E-state index >= 15 is 0 Å². The summed E-state index contributed by atoms with van der Waals surface area (Å²) < 4.78 is 5.41. The number of fused-ring (bicyclic) bond motifs is 1. The third-order valence-electron chi connectivity index (χ3n) is 2.28. The van der Waals surface area contributed by atoms with E-state index < -0.39 is 0 Å². The Labute approximate surface area is 83.6 Å². The molecule has 0 fully saturated rings. The van der Waals surface area contributed by atoms with Gasteiger partial charge in [-0.05, 0) is 17.9 Å². The van der Waals surface area contributed by atoms with Crippen LogP contribution in [0, 0.1) is 6.92 Å². The smallest absolute Gasteiger partial charge is 0.137 e. The van der Waals surface area contributed by atoms with Crippen LogP contribution in [0.25, 0.3) is 10.8 Å². The van der Waals surface area contributed by atoms with Crippen LogP contribution in [0.3, 0.4) is 0 Å². The molecule has 14 heavy (non-hydrogen) atoms. The van der Waals surface area contributed by atoms with Gasteiger partial charge in [-0.3, -0.25) is 0 Å². The van der Waals surface area contributed by atoms with Gasteiger partial charge in [0, 0.05) is 5.39 Å². The van der Waals surface area contributed by atoms with Crippen molar-refractivity contribution in [3.8, 4) is 5.75 Å². The predicted molar refractivity (Wildman–Crippen MR) is 59.5 cm³/mol. The van der Waals surface area contributed by atoms with E-state index in [1.807, 2.05) is 19.1 Å². The molecule has 1 heteroatoms. The third-order valence-corrected chi connectivity index (χ3v) is 2.28. The Morgan fingerprint density at radius 3 is 2.71 bits per heavy atom. The zero-order chi connectivity index (χ0) is 9.97. The minimum Gasteiger partial charge on any atom is -0.465 e. The molecule has 2 rings (SSSR count). The van der Waals surface area contributed by atoms with E-state index in [0.29, 0.717) is 0 Å². The number of hydrogen-bond acceptors (Lipinski definition) is 1. The highest BCUT2D eigenvalue weighted by Gasteiger charge is 2.03. The van der Waals surface area contributed by atoms with Crippen LogP contribution in [0.5, 0.6) is 5.75 Å². The summed E-state index contributed by atoms with van der Waals surface area (Å²) in [7, 11) is 0. The SMILES string of the molecule is C=COc1c(C)ccc2ccccc12. The first-order chi connectivity index (χ1) is 6.83. The van der Waals surface area contributed by atoms with E-state index in [-0.39, 0.29) is 0 Å². The fourth-order valence-electron chi connectivity index (χ4n) is 1.59. The minimum atomic E-state index is 0.901. The highest BCUT2D eigenvalue weighted by molar-refractivity contribution is 5.89. The molecule has 0 heterocycles. The molecule has 2 aromatic carbocycles. The second-order valence-electron chi connectivity index (χ2n) is 3.22. The topological polar surface area (TPSA) is 9.23 Å². The van der Waals surface area contributed by atoms with E-state index in [1.165, 1.54) is 11.6 Å². The maximum Gasteiger partial charge on any atom is 0.137 e. The molecular weight excluding hydrogens is 172 g/mol. The second kappa shape index (κ2) is 3.54. The summed E-state index contributed by atoms with van der Waals surface area (Å²) in [5.74, 6) is 0.901. The molecule has 0 N–H and O–H groups in total. The summed E-state index contributed by atoms with van der Waals surface area (Å²) in [6.45, 7) is 5.61. The molecule has 0 saturated heterocycles. The van der Waals surface area contributed by atoms with Crippen molar-refractivity contribution in [2.24, 2.45) is 0 Å². The Morgan fingerprint density at radius 2 is 1.93 bits per heavy atom. The maximum atomic E-state index is 5.41. The summed E-state index contributed by atoms with van der Waals surface area (Å²) in [6.07, 6.45) is 1.47. The first-order valence-electron chi connectivity index (χ1n) is 4.59. The molecule has 0 unspecified atom stereocenters. The average molecular weight is 184 g/mol. The zero-order valence-corrected chi connectivity index (χ0v) is 8.16. The lowest BCUT2D eigenvalue weighted by atomic mass is 10.1. The second-order valence-corrected chi connectivity index (χ2v) is 3.22. The van der Waals surface area contributed by atoms with Crippen molar-refractivity contribution in [2.75, 3.05) is 0 Å². The molecule has 70 valence electrons. The number of aryl methyl sites for hydroxylation is 1. The van der Waals surface area contributed by atoms with Gasteiger partial charge in [-0.2, -0.15) is 0 Å². The summed E-state index contributed by atoms with van der Waals surface area (Å²) >= 11 is 0. The molecule has 0 spiro atoms. The van der Waals surface area contributed by atoms with Crippen molar-refractivity contribution in [3.63, 3.8) is 0 Å². The summed E-state index contributed by atoms with van der Waals surface area (Å²) in [6, 6.07) is 12.3. The number of rotatable bonds is 2. The molecule has 1 nitrogen and oxygen atoms in total. The van der Waals surface area contributed by atoms with Crippen molar-refractivity contribution in [3.05, 3.63) is 54.8 Å². The minimum absolute atomic E-state index is 0.901. The van der Waals surface area contributed by atoms with Crippen LogP contribution < -0.4 is 4.74 Å². The van der Waals surface area contributed by atoms with Gasteiger partial charge >= 0.3 is 0 Å². The van der Waals surface area contributed by atoms with E-state index in [2.05, 4.69) is 30.8 Å². The molecule has 0 radical (unpaired) electrons. The van der Waals surface area contributed by atoms with Gasteiger partial charge < -0.3 is 4.74 Å². The van der Waals surface area contributed by atoms with Crippen molar-refractivity contribution < 1.29 is 4.74 Å². The first kappa shape index (κ1) is 8.82. The average Bonchev–Trinajstić information content (AvgIpc) is 2.23. The highest BCUT2D eigenvalue weighted by atomic mass is 16.5. The summed E-state index contributed by atoms with van der Waals surface area (Å²) in [5.41, 5.74) is 1.13. The molecule has 0 aliphatic heterocycles. The lowest BCUT2D eigenvalue weighted by Crippen LogP contribution is -1.87. The largest absolute Gasteiger partial charge is 0.465 e. The number of benzene rings is 2. The van der Waals surface area contributed by atoms with Gasteiger partial charge in [0.25, 0.3) is 0 Å². The van der Waals surface area contributed by atoms with Gasteiger partial charge in [-0.15, -0.1) is 0 Å². The van der Waals surface area contributed by atoms with E-state index in [4.69, 9.17) is 4.74 Å². The highest BCUT2D eigenvalue weighted by Crippen LogP contribution is 2.29. The molecule has 2 aromatic rings. The zero-order valence-electron chi connectivity index (χ0n) is 8.16. The van der Waals surface area contributed by atoms with Gasteiger partial charge in [0.1, 0.15) is 5.75 Å².